The van der Waals surface area contributed by atoms with Crippen LogP contribution in [-0.4, -0.2) is 46.7 Å². The van der Waals surface area contributed by atoms with Crippen LogP contribution in [0, 0.1) is 33.2 Å². The average Bonchev–Trinajstić information content (AvgIpc) is 3.30. The summed E-state index contributed by atoms with van der Waals surface area (Å²) in [4.78, 5) is 15.0. The molecular weight excluding hydrogens is 512 g/mol. The van der Waals surface area contributed by atoms with Crippen molar-refractivity contribution in [3.8, 4) is 5.75 Å². The third-order valence-corrected chi connectivity index (χ3v) is 9.91. The summed E-state index contributed by atoms with van der Waals surface area (Å²) in [5.74, 6) is -1.66. The van der Waals surface area contributed by atoms with E-state index in [-0.39, 0.29) is 28.9 Å². The molecule has 0 radical (unpaired) electrons. The minimum Gasteiger partial charge on any atom is -0.488 e. The molecule has 2 aromatic rings. The van der Waals surface area contributed by atoms with Crippen molar-refractivity contribution in [2.75, 3.05) is 13.2 Å². The van der Waals surface area contributed by atoms with Crippen molar-refractivity contribution >= 4 is 28.1 Å². The van der Waals surface area contributed by atoms with Crippen LogP contribution in [0.1, 0.15) is 50.9 Å². The van der Waals surface area contributed by atoms with Gasteiger partial charge in [0.25, 0.3) is 10.1 Å². The Morgan fingerprint density at radius 3 is 2.56 bits per heavy atom. The van der Waals surface area contributed by atoms with Crippen LogP contribution in [-0.2, 0) is 27.8 Å². The molecule has 198 valence electrons. The van der Waals surface area contributed by atoms with Crippen LogP contribution in [0.2, 0.25) is 0 Å². The third-order valence-electron chi connectivity index (χ3n) is 8.41. The van der Waals surface area contributed by atoms with Gasteiger partial charge in [-0.25, -0.2) is 8.78 Å². The molecule has 4 atom stereocenters. The Bertz CT molecular complexity index is 1350. The van der Waals surface area contributed by atoms with Crippen molar-refractivity contribution in [1.29, 1.82) is 0 Å². The number of halogens is 2. The second kappa shape index (κ2) is 9.30. The van der Waals surface area contributed by atoms with E-state index in [1.165, 1.54) is 6.07 Å². The maximum Gasteiger partial charge on any atom is 0.275 e. The first kappa shape index (κ1) is 26.9. The Hall–Kier alpha value is -2.15. The number of nitrogens with two attached hydrogens (primary N) is 1. The van der Waals surface area contributed by atoms with Crippen LogP contribution in [0.3, 0.4) is 0 Å². The molecule has 2 aliphatic carbocycles. The molecular formula is C24H31F2N3O5S2. The predicted octanol–water partition coefficient (Wildman–Crippen LogP) is 3.77. The van der Waals surface area contributed by atoms with Gasteiger partial charge in [0.1, 0.15) is 17.7 Å². The molecule has 1 aromatic heterocycles. The first-order valence-electron chi connectivity index (χ1n) is 11.8. The normalized spacial score (nSPS) is 28.3. The fraction of sp³-hybridized carbons (Fsp3) is 0.583. The number of aromatic amines is 1. The maximum atomic E-state index is 13.7. The van der Waals surface area contributed by atoms with Gasteiger partial charge in [-0.05, 0) is 49.0 Å². The summed E-state index contributed by atoms with van der Waals surface area (Å²) < 4.78 is 66.5. The highest BCUT2D eigenvalue weighted by atomic mass is 32.2. The van der Waals surface area contributed by atoms with Gasteiger partial charge >= 0.3 is 0 Å². The molecule has 4 unspecified atom stereocenters. The number of benzene rings is 1. The van der Waals surface area contributed by atoms with E-state index in [1.54, 1.807) is 0 Å². The first-order chi connectivity index (χ1) is 16.7. The highest BCUT2D eigenvalue weighted by molar-refractivity contribution is 7.87. The fourth-order valence-corrected chi connectivity index (χ4v) is 7.83. The van der Waals surface area contributed by atoms with Crippen LogP contribution >= 0.6 is 12.2 Å². The molecule has 1 aliphatic heterocycles. The molecule has 2 bridgehead atoms. The molecule has 2 fully saturated rings. The molecule has 3 aliphatic rings. The van der Waals surface area contributed by atoms with Gasteiger partial charge in [0.05, 0.1) is 6.04 Å². The van der Waals surface area contributed by atoms with E-state index in [9.17, 15) is 22.0 Å². The zero-order valence-corrected chi connectivity index (χ0v) is 22.0. The van der Waals surface area contributed by atoms with Gasteiger partial charge in [0.15, 0.2) is 22.1 Å². The lowest BCUT2D eigenvalue weighted by Crippen LogP contribution is -2.38. The van der Waals surface area contributed by atoms with E-state index < -0.39 is 32.4 Å². The summed E-state index contributed by atoms with van der Waals surface area (Å²) in [6, 6.07) is 2.05. The molecule has 36 heavy (non-hydrogen) atoms. The number of ketones is 1. The molecule has 5 rings (SSSR count). The minimum absolute atomic E-state index is 0.0981. The van der Waals surface area contributed by atoms with E-state index in [0.29, 0.717) is 42.7 Å². The summed E-state index contributed by atoms with van der Waals surface area (Å²) in [5.41, 5.74) is 6.17. The molecule has 0 spiro atoms. The van der Waals surface area contributed by atoms with Crippen molar-refractivity contribution in [3.05, 3.63) is 46.0 Å². The zero-order chi connectivity index (χ0) is 26.6. The summed E-state index contributed by atoms with van der Waals surface area (Å²) in [6.45, 7) is 6.46. The second-order valence-corrected chi connectivity index (χ2v) is 12.5. The SMILES string of the molecule is CC12CCC(C(S(=O)(=O)O)C1=O)C2(C)C.NCCc1c[nH]c(=S)n1C1COc2c(F)cc(F)cc2C1. The van der Waals surface area contributed by atoms with E-state index >= 15 is 0 Å². The van der Waals surface area contributed by atoms with Crippen molar-refractivity contribution < 1.29 is 31.3 Å². The Morgan fingerprint density at radius 1 is 1.31 bits per heavy atom. The van der Waals surface area contributed by atoms with Crippen LogP contribution in [0.4, 0.5) is 8.78 Å². The lowest BCUT2D eigenvalue weighted by molar-refractivity contribution is -0.128. The summed E-state index contributed by atoms with van der Waals surface area (Å²) >= 11 is 5.28. The highest BCUT2D eigenvalue weighted by Crippen LogP contribution is 2.64. The smallest absolute Gasteiger partial charge is 0.275 e. The van der Waals surface area contributed by atoms with E-state index in [1.807, 2.05) is 31.5 Å². The monoisotopic (exact) mass is 543 g/mol. The molecule has 8 nitrogen and oxygen atoms in total. The van der Waals surface area contributed by atoms with Gasteiger partial charge in [-0.1, -0.05) is 20.8 Å². The number of nitrogens with one attached hydrogen (secondary N) is 1. The minimum atomic E-state index is -4.24. The van der Waals surface area contributed by atoms with Crippen LogP contribution < -0.4 is 10.5 Å². The van der Waals surface area contributed by atoms with E-state index in [0.717, 1.165) is 18.2 Å². The Balaban J connectivity index is 0.000000179. The number of carbonyl (C=O) groups is 1. The maximum absolute atomic E-state index is 13.7. The molecule has 2 saturated carbocycles. The van der Waals surface area contributed by atoms with Crippen molar-refractivity contribution in [2.45, 2.75) is 57.7 Å². The van der Waals surface area contributed by atoms with E-state index in [2.05, 4.69) is 4.98 Å². The predicted molar refractivity (Wildman–Crippen MR) is 132 cm³/mol. The number of carbonyl (C=O) groups excluding carboxylic acids is 1. The number of imidazole rings is 1. The highest BCUT2D eigenvalue weighted by Gasteiger charge is 2.69. The van der Waals surface area contributed by atoms with Crippen LogP contribution in [0.15, 0.2) is 18.3 Å². The number of nitrogens with zero attached hydrogens (tertiary/aromatic N) is 1. The number of fused-ring (bicyclic) bond motifs is 3. The lowest BCUT2D eigenvalue weighted by atomic mass is 9.70. The topological polar surface area (TPSA) is 127 Å². The lowest BCUT2D eigenvalue weighted by Gasteiger charge is -2.32. The average molecular weight is 544 g/mol. The van der Waals surface area contributed by atoms with Gasteiger partial charge in [0.2, 0.25) is 0 Å². The van der Waals surface area contributed by atoms with Crippen LogP contribution in [0.5, 0.6) is 5.75 Å². The molecule has 4 N–H and O–H groups in total. The Morgan fingerprint density at radius 2 is 2.00 bits per heavy atom. The number of ether oxygens (including phenoxy) is 1. The van der Waals surface area contributed by atoms with Gasteiger partial charge in [-0.15, -0.1) is 0 Å². The quantitative estimate of drug-likeness (QED) is 0.396. The summed E-state index contributed by atoms with van der Waals surface area (Å²) in [6.07, 6.45) is 4.40. The number of hydrogen-bond donors (Lipinski definition) is 3. The van der Waals surface area contributed by atoms with Crippen LogP contribution in [0.25, 0.3) is 0 Å². The summed E-state index contributed by atoms with van der Waals surface area (Å²) in [5, 5.41) is -1.19. The number of H-pyrrole nitrogens is 1. The number of Topliss-reactive ketones (excluding diaryl/α,β-unsaturated/α-hetero) is 1. The second-order valence-electron chi connectivity index (χ2n) is 10.5. The molecule has 2 heterocycles. The van der Waals surface area contributed by atoms with Crippen molar-refractivity contribution in [2.24, 2.45) is 22.5 Å². The Kier molecular flexibility index (Phi) is 6.95. The fourth-order valence-electron chi connectivity index (χ4n) is 6.09. The Labute approximate surface area is 214 Å². The molecule has 1 aromatic carbocycles. The number of aromatic nitrogens is 2. The van der Waals surface area contributed by atoms with E-state index in [4.69, 9.17) is 27.2 Å². The van der Waals surface area contributed by atoms with Gasteiger partial charge in [0, 0.05) is 41.8 Å². The van der Waals surface area contributed by atoms with Gasteiger partial charge in [-0.3, -0.25) is 9.35 Å². The van der Waals surface area contributed by atoms with Gasteiger partial charge < -0.3 is 20.0 Å². The van der Waals surface area contributed by atoms with Gasteiger partial charge in [-0.2, -0.15) is 8.42 Å². The first-order valence-corrected chi connectivity index (χ1v) is 13.7. The zero-order valence-electron chi connectivity index (χ0n) is 20.4. The standard InChI is InChI=1S/C14H15F2N3OS.C10H16O4S/c15-9-3-8-4-11(7-20-13(8)12(16)5-9)19-10(1-2-17)6-18-14(19)21;1-9(2)6-4-5-10(9,3)8(11)7(6)15(12,13)14/h3,5-6,11H,1-2,4,7,17H2,(H,18,21);6-7H,4-5H2,1-3H3,(H,12,13,14). The molecule has 0 amide bonds. The third kappa shape index (κ3) is 4.31. The number of hydrogen-bond acceptors (Lipinski definition) is 6. The molecule has 12 heteroatoms. The number of rotatable bonds is 4. The molecule has 0 saturated heterocycles. The summed E-state index contributed by atoms with van der Waals surface area (Å²) in [7, 11) is -4.24. The largest absolute Gasteiger partial charge is 0.488 e. The van der Waals surface area contributed by atoms with Crippen molar-refractivity contribution in [1.82, 2.24) is 9.55 Å². The van der Waals surface area contributed by atoms with Crippen molar-refractivity contribution in [3.63, 3.8) is 0 Å².